The van der Waals surface area contributed by atoms with Crippen molar-refractivity contribution in [3.05, 3.63) is 40.5 Å². The van der Waals surface area contributed by atoms with Gasteiger partial charge in [-0.25, -0.2) is 9.18 Å². The third-order valence-electron chi connectivity index (χ3n) is 3.48. The molecule has 7 heteroatoms. The van der Waals surface area contributed by atoms with E-state index < -0.39 is 11.8 Å². The van der Waals surface area contributed by atoms with Crippen LogP contribution in [0.15, 0.2) is 12.1 Å². The second-order valence-corrected chi connectivity index (χ2v) is 4.85. The summed E-state index contributed by atoms with van der Waals surface area (Å²) >= 11 is 0. The molecule has 1 aromatic carbocycles. The van der Waals surface area contributed by atoms with Gasteiger partial charge < -0.3 is 16.2 Å². The number of aromatic carboxylic acids is 1. The van der Waals surface area contributed by atoms with Gasteiger partial charge in [-0.2, -0.15) is 5.10 Å². The van der Waals surface area contributed by atoms with E-state index in [-0.39, 0.29) is 16.9 Å². The fraction of sp³-hybridized carbons (Fsp3) is 0.286. The molecule has 0 spiro atoms. The number of hydrogen-bond donors (Lipinski definition) is 3. The van der Waals surface area contributed by atoms with E-state index in [9.17, 15) is 9.18 Å². The highest BCUT2D eigenvalue weighted by atomic mass is 19.1. The van der Waals surface area contributed by atoms with Crippen molar-refractivity contribution in [1.29, 1.82) is 0 Å². The Morgan fingerprint density at radius 1 is 1.48 bits per heavy atom. The Hall–Kier alpha value is -2.57. The van der Waals surface area contributed by atoms with Crippen molar-refractivity contribution in [1.82, 2.24) is 9.78 Å². The number of halogens is 1. The van der Waals surface area contributed by atoms with Crippen LogP contribution in [0.1, 0.15) is 27.3 Å². The van der Waals surface area contributed by atoms with Crippen molar-refractivity contribution < 1.29 is 14.3 Å². The topological polar surface area (TPSA) is 93.2 Å². The summed E-state index contributed by atoms with van der Waals surface area (Å²) in [6, 6.07) is 2.21. The van der Waals surface area contributed by atoms with Gasteiger partial charge in [0.2, 0.25) is 0 Å². The highest BCUT2D eigenvalue weighted by Crippen LogP contribution is 2.23. The molecule has 0 fully saturated rings. The normalized spacial score (nSPS) is 10.7. The Kier molecular flexibility index (Phi) is 3.84. The number of rotatable bonds is 4. The predicted molar refractivity (Wildman–Crippen MR) is 77.8 cm³/mol. The summed E-state index contributed by atoms with van der Waals surface area (Å²) in [5.41, 5.74) is 8.13. The highest BCUT2D eigenvalue weighted by molar-refractivity contribution is 5.94. The van der Waals surface area contributed by atoms with Crippen molar-refractivity contribution >= 4 is 17.3 Å². The number of aryl methyl sites for hydroxylation is 2. The van der Waals surface area contributed by atoms with E-state index >= 15 is 0 Å². The van der Waals surface area contributed by atoms with E-state index in [1.807, 2.05) is 20.9 Å². The van der Waals surface area contributed by atoms with Crippen molar-refractivity contribution in [2.45, 2.75) is 20.4 Å². The van der Waals surface area contributed by atoms with Crippen LogP contribution >= 0.6 is 0 Å². The lowest BCUT2D eigenvalue weighted by Crippen LogP contribution is -2.08. The minimum Gasteiger partial charge on any atom is -0.478 e. The number of nitrogens with zero attached hydrogens (tertiary/aromatic N) is 2. The van der Waals surface area contributed by atoms with Gasteiger partial charge in [0.05, 0.1) is 16.9 Å². The Morgan fingerprint density at radius 2 is 2.14 bits per heavy atom. The van der Waals surface area contributed by atoms with Gasteiger partial charge in [-0.1, -0.05) is 0 Å². The first-order valence-corrected chi connectivity index (χ1v) is 6.36. The smallest absolute Gasteiger partial charge is 0.337 e. The first-order chi connectivity index (χ1) is 9.81. The quantitative estimate of drug-likeness (QED) is 0.750. The van der Waals surface area contributed by atoms with Crippen LogP contribution in [0, 0.1) is 19.7 Å². The number of carbonyl (C=O) groups is 1. The van der Waals surface area contributed by atoms with Crippen LogP contribution in [0.25, 0.3) is 0 Å². The van der Waals surface area contributed by atoms with Crippen LogP contribution in [0.3, 0.4) is 0 Å². The SMILES string of the molecule is Cc1nn(C)c(C)c1CNc1cc(C(=O)O)c(N)cc1F. The zero-order valence-corrected chi connectivity index (χ0v) is 12.1. The van der Waals surface area contributed by atoms with E-state index in [2.05, 4.69) is 10.4 Å². The number of nitrogens with two attached hydrogens (primary N) is 1. The largest absolute Gasteiger partial charge is 0.478 e. The monoisotopic (exact) mass is 292 g/mol. The first kappa shape index (κ1) is 14.8. The third kappa shape index (κ3) is 2.81. The zero-order chi connectivity index (χ0) is 15.7. The lowest BCUT2D eigenvalue weighted by atomic mass is 10.1. The summed E-state index contributed by atoms with van der Waals surface area (Å²) in [5, 5.41) is 16.2. The summed E-state index contributed by atoms with van der Waals surface area (Å²) < 4.78 is 15.6. The maximum atomic E-state index is 13.8. The molecule has 0 radical (unpaired) electrons. The van der Waals surface area contributed by atoms with E-state index in [4.69, 9.17) is 10.8 Å². The standard InChI is InChI=1S/C14H17FN4O2/c1-7-10(8(2)19(3)18-7)6-17-13-4-9(14(20)21)12(16)5-11(13)15/h4-5,17H,6,16H2,1-3H3,(H,20,21). The molecule has 1 heterocycles. The summed E-state index contributed by atoms with van der Waals surface area (Å²) in [7, 11) is 1.83. The second-order valence-electron chi connectivity index (χ2n) is 4.85. The summed E-state index contributed by atoms with van der Waals surface area (Å²) in [6.45, 7) is 4.14. The maximum Gasteiger partial charge on any atom is 0.337 e. The average molecular weight is 292 g/mol. The summed E-state index contributed by atoms with van der Waals surface area (Å²) in [6.07, 6.45) is 0. The molecule has 0 bridgehead atoms. The van der Waals surface area contributed by atoms with Crippen molar-refractivity contribution in [3.8, 4) is 0 Å². The molecule has 0 saturated heterocycles. The van der Waals surface area contributed by atoms with Gasteiger partial charge in [0.15, 0.2) is 0 Å². The third-order valence-corrected chi connectivity index (χ3v) is 3.48. The molecule has 0 unspecified atom stereocenters. The molecule has 4 N–H and O–H groups in total. The lowest BCUT2D eigenvalue weighted by molar-refractivity contribution is 0.0698. The van der Waals surface area contributed by atoms with Gasteiger partial charge in [-0.3, -0.25) is 4.68 Å². The highest BCUT2D eigenvalue weighted by Gasteiger charge is 2.14. The van der Waals surface area contributed by atoms with Crippen molar-refractivity contribution in [3.63, 3.8) is 0 Å². The molecule has 0 amide bonds. The number of hydrogen-bond acceptors (Lipinski definition) is 4. The molecule has 1 aromatic heterocycles. The Bertz CT molecular complexity index is 709. The maximum absolute atomic E-state index is 13.8. The van der Waals surface area contributed by atoms with Gasteiger partial charge in [0.25, 0.3) is 0 Å². The minimum atomic E-state index is -1.19. The van der Waals surface area contributed by atoms with Gasteiger partial charge in [0, 0.05) is 30.5 Å². The number of nitrogens with one attached hydrogen (secondary N) is 1. The molecule has 0 aliphatic rings. The van der Waals surface area contributed by atoms with Gasteiger partial charge in [-0.15, -0.1) is 0 Å². The van der Waals surface area contributed by atoms with Crippen LogP contribution in [-0.2, 0) is 13.6 Å². The number of benzene rings is 1. The fourth-order valence-corrected chi connectivity index (χ4v) is 2.17. The zero-order valence-electron chi connectivity index (χ0n) is 12.1. The number of carboxylic acids is 1. The first-order valence-electron chi connectivity index (χ1n) is 6.36. The van der Waals surface area contributed by atoms with E-state index in [0.29, 0.717) is 6.54 Å². The molecule has 0 aliphatic carbocycles. The molecular weight excluding hydrogens is 275 g/mol. The molecule has 0 atom stereocenters. The Labute approximate surface area is 121 Å². The van der Waals surface area contributed by atoms with E-state index in [1.165, 1.54) is 6.07 Å². The molecule has 0 aliphatic heterocycles. The lowest BCUT2D eigenvalue weighted by Gasteiger charge is -2.10. The second kappa shape index (κ2) is 5.43. The fourth-order valence-electron chi connectivity index (χ4n) is 2.17. The van der Waals surface area contributed by atoms with Crippen LogP contribution in [0.4, 0.5) is 15.8 Å². The van der Waals surface area contributed by atoms with Crippen LogP contribution in [-0.4, -0.2) is 20.9 Å². The molecule has 0 saturated carbocycles. The molecule has 2 aromatic rings. The van der Waals surface area contributed by atoms with Crippen LogP contribution in [0.2, 0.25) is 0 Å². The Morgan fingerprint density at radius 3 is 2.67 bits per heavy atom. The summed E-state index contributed by atoms with van der Waals surface area (Å²) in [5.74, 6) is -1.78. The number of aromatic nitrogens is 2. The van der Waals surface area contributed by atoms with Gasteiger partial charge in [0.1, 0.15) is 5.82 Å². The van der Waals surface area contributed by atoms with Crippen LogP contribution in [0.5, 0.6) is 0 Å². The van der Waals surface area contributed by atoms with Crippen LogP contribution < -0.4 is 11.1 Å². The van der Waals surface area contributed by atoms with E-state index in [1.54, 1.807) is 4.68 Å². The Balaban J connectivity index is 2.28. The number of carboxylic acid groups (broad SMARTS) is 1. The molecule has 6 nitrogen and oxygen atoms in total. The molecule has 21 heavy (non-hydrogen) atoms. The minimum absolute atomic E-state index is 0.0979. The van der Waals surface area contributed by atoms with Gasteiger partial charge in [-0.05, 0) is 26.0 Å². The van der Waals surface area contributed by atoms with Gasteiger partial charge >= 0.3 is 5.97 Å². The molecular formula is C14H17FN4O2. The van der Waals surface area contributed by atoms with E-state index in [0.717, 1.165) is 23.0 Å². The molecule has 2 rings (SSSR count). The van der Waals surface area contributed by atoms with Crippen molar-refractivity contribution in [2.75, 3.05) is 11.1 Å². The summed E-state index contributed by atoms with van der Waals surface area (Å²) in [4.78, 5) is 11.0. The van der Waals surface area contributed by atoms with Crippen molar-refractivity contribution in [2.24, 2.45) is 7.05 Å². The predicted octanol–water partition coefficient (Wildman–Crippen LogP) is 2.07. The molecule has 112 valence electrons. The average Bonchev–Trinajstić information content (AvgIpc) is 2.62. The number of anilines is 2. The number of nitrogen functional groups attached to an aromatic ring is 1.